The van der Waals surface area contributed by atoms with E-state index in [1.54, 1.807) is 13.8 Å². The van der Waals surface area contributed by atoms with Crippen LogP contribution in [0.15, 0.2) is 65.5 Å². The van der Waals surface area contributed by atoms with E-state index in [1.165, 1.54) is 30.3 Å². The molecule has 0 aliphatic rings. The van der Waals surface area contributed by atoms with Crippen molar-refractivity contribution in [3.8, 4) is 11.6 Å². The number of ether oxygens (including phenoxy) is 1. The minimum Gasteiger partial charge on any atom is -0.475 e. The number of hydrogen-bond donors (Lipinski definition) is 1. The molecule has 0 radical (unpaired) electrons. The Kier molecular flexibility index (Phi) is 5.99. The molecule has 2 heterocycles. The van der Waals surface area contributed by atoms with Gasteiger partial charge in [0.25, 0.3) is 0 Å². The smallest absolute Gasteiger partial charge is 0.417 e. The van der Waals surface area contributed by atoms with Crippen LogP contribution in [-0.2, 0) is 6.18 Å². The van der Waals surface area contributed by atoms with Gasteiger partial charge in [0.15, 0.2) is 11.1 Å². The van der Waals surface area contributed by atoms with Gasteiger partial charge in [-0.3, -0.25) is 9.36 Å². The van der Waals surface area contributed by atoms with Crippen LogP contribution in [-0.4, -0.2) is 15.7 Å². The number of nitrogens with zero attached hydrogens (tertiary/aromatic N) is 2. The molecule has 2 aromatic heterocycles. The average molecular weight is 475 g/mol. The number of rotatable bonds is 5. The van der Waals surface area contributed by atoms with Gasteiger partial charge in [-0.05, 0) is 50.2 Å². The van der Waals surface area contributed by atoms with E-state index in [1.807, 2.05) is 0 Å². The number of halogens is 5. The fourth-order valence-electron chi connectivity index (χ4n) is 3.50. The number of hydrogen-bond acceptors (Lipinski definition) is 4. The summed E-state index contributed by atoms with van der Waals surface area (Å²) in [6.07, 6.45) is -5.40. The molecule has 0 spiro atoms. The fourth-order valence-corrected chi connectivity index (χ4v) is 3.50. The van der Waals surface area contributed by atoms with Gasteiger partial charge >= 0.3 is 6.18 Å². The summed E-state index contributed by atoms with van der Waals surface area (Å²) >= 11 is 0. The van der Waals surface area contributed by atoms with Gasteiger partial charge in [-0.25, -0.2) is 8.78 Å². The van der Waals surface area contributed by atoms with Crippen LogP contribution in [0, 0.1) is 11.6 Å². The Hall–Kier alpha value is -3.95. The molecular weight excluding hydrogens is 457 g/mol. The maximum atomic E-state index is 14.1. The number of aromatic nitrogens is 2. The maximum absolute atomic E-state index is 14.1. The molecule has 0 aliphatic carbocycles. The zero-order valence-corrected chi connectivity index (χ0v) is 18.0. The van der Waals surface area contributed by atoms with Crippen LogP contribution >= 0.6 is 0 Å². The van der Waals surface area contributed by atoms with Crippen LogP contribution in [0.3, 0.4) is 0 Å². The molecule has 0 bridgehead atoms. The SMILES string of the molecule is CC(C)Oc1cc(C(F)(F)F)c2c(=O)cc(Nc3cccc(F)c3)n(-c3cccc(F)c3)c2n1. The topological polar surface area (TPSA) is 56.1 Å². The van der Waals surface area contributed by atoms with Crippen molar-refractivity contribution in [2.24, 2.45) is 0 Å². The molecule has 0 saturated heterocycles. The van der Waals surface area contributed by atoms with Crippen LogP contribution in [0.2, 0.25) is 0 Å². The lowest BCUT2D eigenvalue weighted by Crippen LogP contribution is -2.19. The third-order valence-corrected chi connectivity index (χ3v) is 4.77. The van der Waals surface area contributed by atoms with Gasteiger partial charge in [-0.15, -0.1) is 0 Å². The lowest BCUT2D eigenvalue weighted by atomic mass is 10.1. The van der Waals surface area contributed by atoms with Crippen LogP contribution < -0.4 is 15.5 Å². The molecule has 4 aromatic rings. The molecule has 10 heteroatoms. The van der Waals surface area contributed by atoms with E-state index in [4.69, 9.17) is 4.74 Å². The number of anilines is 2. The molecule has 0 fully saturated rings. The van der Waals surface area contributed by atoms with Crippen molar-refractivity contribution >= 4 is 22.5 Å². The molecule has 176 valence electrons. The van der Waals surface area contributed by atoms with Crippen LogP contribution in [0.4, 0.5) is 33.5 Å². The third kappa shape index (κ3) is 4.70. The molecule has 0 atom stereocenters. The first-order valence-corrected chi connectivity index (χ1v) is 10.2. The number of pyridine rings is 2. The highest BCUT2D eigenvalue weighted by Crippen LogP contribution is 2.37. The molecule has 2 aromatic carbocycles. The molecule has 1 N–H and O–H groups in total. The number of alkyl halides is 3. The van der Waals surface area contributed by atoms with Gasteiger partial charge in [0, 0.05) is 17.8 Å². The first-order valence-electron chi connectivity index (χ1n) is 10.2. The lowest BCUT2D eigenvalue weighted by Gasteiger charge is -2.21. The van der Waals surface area contributed by atoms with E-state index in [9.17, 15) is 26.7 Å². The van der Waals surface area contributed by atoms with Gasteiger partial charge in [0.1, 0.15) is 17.5 Å². The predicted molar refractivity (Wildman–Crippen MR) is 118 cm³/mol. The highest BCUT2D eigenvalue weighted by Gasteiger charge is 2.36. The number of benzene rings is 2. The molecule has 0 aliphatic heterocycles. The van der Waals surface area contributed by atoms with E-state index in [-0.39, 0.29) is 23.1 Å². The quantitative estimate of drug-likeness (QED) is 0.349. The molecule has 0 amide bonds. The minimum atomic E-state index is -4.90. The van der Waals surface area contributed by atoms with E-state index >= 15 is 0 Å². The fraction of sp³-hybridized carbons (Fsp3) is 0.167. The zero-order chi connectivity index (χ0) is 24.6. The average Bonchev–Trinajstić information content (AvgIpc) is 2.72. The van der Waals surface area contributed by atoms with Crippen LogP contribution in [0.5, 0.6) is 5.88 Å². The normalized spacial score (nSPS) is 11.8. The lowest BCUT2D eigenvalue weighted by molar-refractivity contribution is -0.136. The standard InChI is InChI=1S/C24H18F5N3O2/c1-13(2)34-21-11-18(24(27,28)29)22-19(33)12-20(30-16-7-3-5-14(25)9-16)32(23(22)31-21)17-8-4-6-15(26)10-17/h3-13,30H,1-2H3. The summed E-state index contributed by atoms with van der Waals surface area (Å²) in [5, 5.41) is 2.11. The van der Waals surface area contributed by atoms with E-state index in [0.29, 0.717) is 6.07 Å². The Morgan fingerprint density at radius 1 is 0.971 bits per heavy atom. The van der Waals surface area contributed by atoms with Gasteiger partial charge < -0.3 is 10.1 Å². The van der Waals surface area contributed by atoms with Gasteiger partial charge in [-0.2, -0.15) is 18.2 Å². The highest BCUT2D eigenvalue weighted by atomic mass is 19.4. The second-order valence-corrected chi connectivity index (χ2v) is 7.72. The van der Waals surface area contributed by atoms with Crippen molar-refractivity contribution in [3.63, 3.8) is 0 Å². The van der Waals surface area contributed by atoms with Crippen molar-refractivity contribution in [2.45, 2.75) is 26.1 Å². The second kappa shape index (κ2) is 8.77. The highest BCUT2D eigenvalue weighted by molar-refractivity contribution is 5.85. The van der Waals surface area contributed by atoms with Crippen molar-refractivity contribution < 1.29 is 26.7 Å². The van der Waals surface area contributed by atoms with Crippen LogP contribution in [0.1, 0.15) is 19.4 Å². The van der Waals surface area contributed by atoms with Crippen molar-refractivity contribution in [3.05, 3.63) is 88.1 Å². The molecule has 5 nitrogen and oxygen atoms in total. The Bertz CT molecular complexity index is 1430. The van der Waals surface area contributed by atoms with Crippen molar-refractivity contribution in [1.29, 1.82) is 0 Å². The van der Waals surface area contributed by atoms with Gasteiger partial charge in [0.2, 0.25) is 5.88 Å². The third-order valence-electron chi connectivity index (χ3n) is 4.77. The molecule has 4 rings (SSSR count). The Morgan fingerprint density at radius 2 is 1.65 bits per heavy atom. The Balaban J connectivity index is 2.11. The van der Waals surface area contributed by atoms with Crippen LogP contribution in [0.25, 0.3) is 16.7 Å². The summed E-state index contributed by atoms with van der Waals surface area (Å²) in [4.78, 5) is 17.1. The summed E-state index contributed by atoms with van der Waals surface area (Å²) in [5.41, 5.74) is -2.30. The van der Waals surface area contributed by atoms with E-state index in [2.05, 4.69) is 10.3 Å². The molecule has 34 heavy (non-hydrogen) atoms. The predicted octanol–water partition coefficient (Wildman–Crippen LogP) is 6.21. The molecule has 0 saturated carbocycles. The van der Waals surface area contributed by atoms with Crippen molar-refractivity contribution in [1.82, 2.24) is 9.55 Å². The first kappa shape index (κ1) is 23.2. The summed E-state index contributed by atoms with van der Waals surface area (Å²) in [7, 11) is 0. The van der Waals surface area contributed by atoms with Gasteiger partial charge in [-0.1, -0.05) is 12.1 Å². The maximum Gasteiger partial charge on any atom is 0.417 e. The monoisotopic (exact) mass is 475 g/mol. The summed E-state index contributed by atoms with van der Waals surface area (Å²) in [6, 6.07) is 11.9. The molecular formula is C24H18F5N3O2. The first-order chi connectivity index (χ1) is 16.0. The second-order valence-electron chi connectivity index (χ2n) is 7.72. The minimum absolute atomic E-state index is 0.0454. The van der Waals surface area contributed by atoms with E-state index < -0.39 is 45.9 Å². The Morgan fingerprint density at radius 3 is 2.26 bits per heavy atom. The summed E-state index contributed by atoms with van der Waals surface area (Å²) in [6.45, 7) is 3.22. The summed E-state index contributed by atoms with van der Waals surface area (Å²) < 4.78 is 76.3. The largest absolute Gasteiger partial charge is 0.475 e. The van der Waals surface area contributed by atoms with Gasteiger partial charge in [0.05, 0.1) is 22.7 Å². The van der Waals surface area contributed by atoms with Crippen molar-refractivity contribution in [2.75, 3.05) is 5.32 Å². The summed E-state index contributed by atoms with van der Waals surface area (Å²) in [5.74, 6) is -1.64. The number of fused-ring (bicyclic) bond motifs is 1. The Labute approximate surface area is 190 Å². The number of nitrogens with one attached hydrogen (secondary N) is 1. The zero-order valence-electron chi connectivity index (χ0n) is 18.0. The van der Waals surface area contributed by atoms with E-state index in [0.717, 1.165) is 28.8 Å². The molecule has 0 unspecified atom stereocenters.